The summed E-state index contributed by atoms with van der Waals surface area (Å²) in [5.41, 5.74) is 0. The highest BCUT2D eigenvalue weighted by molar-refractivity contribution is 6.30. The van der Waals surface area contributed by atoms with E-state index in [4.69, 9.17) is 11.6 Å². The number of rotatable bonds is 4. The zero-order valence-corrected chi connectivity index (χ0v) is 16.6. The molecule has 27 heavy (non-hydrogen) atoms. The highest BCUT2D eigenvalue weighted by Crippen LogP contribution is 2.55. The molecule has 5 nitrogen and oxygen atoms in total. The molecule has 0 unspecified atom stereocenters. The molecule has 0 atom stereocenters. The Kier molecular flexibility index (Phi) is 4.87. The molecule has 5 fully saturated rings. The van der Waals surface area contributed by atoms with Gasteiger partial charge < -0.3 is 5.32 Å². The van der Waals surface area contributed by atoms with Gasteiger partial charge in [-0.2, -0.15) is 0 Å². The summed E-state index contributed by atoms with van der Waals surface area (Å²) in [4.78, 5) is 21.5. The van der Waals surface area contributed by atoms with E-state index in [0.29, 0.717) is 17.4 Å². The summed E-state index contributed by atoms with van der Waals surface area (Å²) >= 11 is 5.84. The molecule has 0 spiro atoms. The molecular formula is C21H29ClN4O. The standard InChI is InChI=1S/C21H29ClN4O/c22-18-1-2-19(23-12-18)24-20(27)13-25-3-5-26(6-4-25)21-16-8-14-7-15(10-16)11-17(21)9-14/h1-2,12,14-17,21H,3-11,13H2,(H,23,24,27). The van der Waals surface area contributed by atoms with Crippen LogP contribution in [0, 0.1) is 23.7 Å². The number of pyridine rings is 1. The lowest BCUT2D eigenvalue weighted by atomic mass is 9.54. The summed E-state index contributed by atoms with van der Waals surface area (Å²) in [6.45, 7) is 4.65. The fourth-order valence-corrected chi connectivity index (χ4v) is 6.66. The second-order valence-corrected chi connectivity index (χ2v) is 9.58. The van der Waals surface area contributed by atoms with Gasteiger partial charge >= 0.3 is 0 Å². The Morgan fingerprint density at radius 3 is 2.30 bits per heavy atom. The highest BCUT2D eigenvalue weighted by Gasteiger charge is 2.50. The third kappa shape index (κ3) is 3.74. The minimum absolute atomic E-state index is 0.00731. The number of hydrogen-bond acceptors (Lipinski definition) is 4. The maximum atomic E-state index is 12.3. The molecule has 2 heterocycles. The molecule has 146 valence electrons. The van der Waals surface area contributed by atoms with Crippen molar-refractivity contribution in [1.82, 2.24) is 14.8 Å². The van der Waals surface area contributed by atoms with E-state index in [1.165, 1.54) is 32.1 Å². The van der Waals surface area contributed by atoms with Crippen LogP contribution in [0.1, 0.15) is 32.1 Å². The molecule has 0 aromatic carbocycles. The molecule has 1 aromatic rings. The van der Waals surface area contributed by atoms with Crippen LogP contribution >= 0.6 is 11.6 Å². The van der Waals surface area contributed by atoms with Crippen molar-refractivity contribution in [3.05, 3.63) is 23.4 Å². The van der Waals surface area contributed by atoms with Gasteiger partial charge in [0.05, 0.1) is 11.6 Å². The molecule has 1 amide bonds. The average molecular weight is 389 g/mol. The Bertz CT molecular complexity index is 658. The fourth-order valence-electron chi connectivity index (χ4n) is 6.55. The third-order valence-electron chi connectivity index (χ3n) is 7.37. The first-order valence-electron chi connectivity index (χ1n) is 10.5. The number of nitrogens with one attached hydrogen (secondary N) is 1. The molecule has 6 heteroatoms. The van der Waals surface area contributed by atoms with Crippen molar-refractivity contribution in [3.8, 4) is 0 Å². The highest BCUT2D eigenvalue weighted by atomic mass is 35.5. The first kappa shape index (κ1) is 17.9. The number of anilines is 1. The van der Waals surface area contributed by atoms with Crippen LogP contribution in [0.25, 0.3) is 0 Å². The van der Waals surface area contributed by atoms with E-state index in [0.717, 1.165) is 55.9 Å². The molecule has 4 saturated carbocycles. The number of aromatic nitrogens is 1. The molecule has 0 radical (unpaired) electrons. The van der Waals surface area contributed by atoms with Gasteiger partial charge in [-0.15, -0.1) is 0 Å². The molecule has 1 aromatic heterocycles. The number of carbonyl (C=O) groups excluding carboxylic acids is 1. The van der Waals surface area contributed by atoms with E-state index >= 15 is 0 Å². The lowest BCUT2D eigenvalue weighted by molar-refractivity contribution is -0.118. The zero-order valence-electron chi connectivity index (χ0n) is 15.8. The minimum atomic E-state index is 0.00731. The van der Waals surface area contributed by atoms with Crippen molar-refractivity contribution < 1.29 is 4.79 Å². The van der Waals surface area contributed by atoms with Gasteiger partial charge in [0, 0.05) is 38.4 Å². The number of amides is 1. The van der Waals surface area contributed by atoms with E-state index in [1.54, 1.807) is 18.3 Å². The van der Waals surface area contributed by atoms with Crippen LogP contribution in [-0.4, -0.2) is 59.5 Å². The van der Waals surface area contributed by atoms with Crippen LogP contribution in [0.3, 0.4) is 0 Å². The lowest BCUT2D eigenvalue weighted by Crippen LogP contribution is -2.60. The minimum Gasteiger partial charge on any atom is -0.310 e. The summed E-state index contributed by atoms with van der Waals surface area (Å²) in [6, 6.07) is 4.31. The monoisotopic (exact) mass is 388 g/mol. The summed E-state index contributed by atoms with van der Waals surface area (Å²) in [5.74, 6) is 4.55. The molecule has 1 saturated heterocycles. The number of piperazine rings is 1. The molecule has 1 N–H and O–H groups in total. The Morgan fingerprint density at radius 2 is 1.70 bits per heavy atom. The van der Waals surface area contributed by atoms with Crippen LogP contribution in [0.5, 0.6) is 0 Å². The molecule has 5 aliphatic rings. The number of hydrogen-bond donors (Lipinski definition) is 1. The van der Waals surface area contributed by atoms with Crippen molar-refractivity contribution in [3.63, 3.8) is 0 Å². The lowest BCUT2D eigenvalue weighted by Gasteiger charge is -2.58. The van der Waals surface area contributed by atoms with Crippen LogP contribution in [0.2, 0.25) is 5.02 Å². The molecule has 1 aliphatic heterocycles. The van der Waals surface area contributed by atoms with Crippen molar-refractivity contribution in [2.24, 2.45) is 23.7 Å². The fraction of sp³-hybridized carbons (Fsp3) is 0.714. The second kappa shape index (κ2) is 7.34. The molecule has 4 aliphatic carbocycles. The van der Waals surface area contributed by atoms with Crippen molar-refractivity contribution >= 4 is 23.3 Å². The van der Waals surface area contributed by atoms with Crippen molar-refractivity contribution in [1.29, 1.82) is 0 Å². The molecular weight excluding hydrogens is 360 g/mol. The molecule has 6 rings (SSSR count). The summed E-state index contributed by atoms with van der Waals surface area (Å²) in [5, 5.41) is 3.45. The SMILES string of the molecule is O=C(CN1CCN(C2C3CC4CC(C3)CC2C4)CC1)Nc1ccc(Cl)cn1. The largest absolute Gasteiger partial charge is 0.310 e. The van der Waals surface area contributed by atoms with Crippen LogP contribution in [0.15, 0.2) is 18.3 Å². The van der Waals surface area contributed by atoms with Crippen LogP contribution in [0.4, 0.5) is 5.82 Å². The Hall–Kier alpha value is -1.17. The van der Waals surface area contributed by atoms with Crippen molar-refractivity contribution in [2.45, 2.75) is 38.1 Å². The van der Waals surface area contributed by atoms with E-state index in [1.807, 2.05) is 0 Å². The van der Waals surface area contributed by atoms with Gasteiger partial charge in [0.25, 0.3) is 0 Å². The van der Waals surface area contributed by atoms with Gasteiger partial charge in [0.1, 0.15) is 5.82 Å². The van der Waals surface area contributed by atoms with E-state index in [-0.39, 0.29) is 5.91 Å². The maximum Gasteiger partial charge on any atom is 0.239 e. The van der Waals surface area contributed by atoms with Gasteiger partial charge in [-0.25, -0.2) is 4.98 Å². The van der Waals surface area contributed by atoms with Gasteiger partial charge in [-0.1, -0.05) is 11.6 Å². The van der Waals surface area contributed by atoms with E-state index in [2.05, 4.69) is 20.1 Å². The first-order chi connectivity index (χ1) is 13.1. The van der Waals surface area contributed by atoms with Crippen LogP contribution < -0.4 is 5.32 Å². The van der Waals surface area contributed by atoms with Gasteiger partial charge in [0.15, 0.2) is 0 Å². The topological polar surface area (TPSA) is 48.5 Å². The predicted octanol–water partition coefficient (Wildman–Crippen LogP) is 3.12. The molecule has 4 bridgehead atoms. The smallest absolute Gasteiger partial charge is 0.239 e. The number of halogens is 1. The second-order valence-electron chi connectivity index (χ2n) is 9.14. The summed E-state index contributed by atoms with van der Waals surface area (Å²) < 4.78 is 0. The van der Waals surface area contributed by atoms with E-state index < -0.39 is 0 Å². The summed E-state index contributed by atoms with van der Waals surface area (Å²) in [6.07, 6.45) is 9.00. The van der Waals surface area contributed by atoms with Gasteiger partial charge in [-0.3, -0.25) is 14.6 Å². The van der Waals surface area contributed by atoms with Crippen molar-refractivity contribution in [2.75, 3.05) is 38.0 Å². The zero-order chi connectivity index (χ0) is 18.4. The maximum absolute atomic E-state index is 12.3. The Balaban J connectivity index is 1.12. The number of carbonyl (C=O) groups is 1. The normalized spacial score (nSPS) is 36.1. The Morgan fingerprint density at radius 1 is 1.04 bits per heavy atom. The summed E-state index contributed by atoms with van der Waals surface area (Å²) in [7, 11) is 0. The predicted molar refractivity (Wildman–Crippen MR) is 107 cm³/mol. The third-order valence-corrected chi connectivity index (χ3v) is 7.59. The van der Waals surface area contributed by atoms with Gasteiger partial charge in [-0.05, 0) is 67.9 Å². The van der Waals surface area contributed by atoms with Gasteiger partial charge in [0.2, 0.25) is 5.91 Å². The Labute approximate surface area is 166 Å². The van der Waals surface area contributed by atoms with Crippen LogP contribution in [-0.2, 0) is 4.79 Å². The van der Waals surface area contributed by atoms with E-state index in [9.17, 15) is 4.79 Å². The average Bonchev–Trinajstić information content (AvgIpc) is 2.64. The first-order valence-corrected chi connectivity index (χ1v) is 10.9. The number of nitrogens with zero attached hydrogens (tertiary/aromatic N) is 3. The quantitative estimate of drug-likeness (QED) is 0.860.